The van der Waals surface area contributed by atoms with Crippen LogP contribution in [0.4, 0.5) is 5.95 Å². The van der Waals surface area contributed by atoms with Gasteiger partial charge in [-0.2, -0.15) is 4.98 Å². The molecule has 47 heavy (non-hydrogen) atoms. The molecule has 3 heterocycles. The second-order valence-corrected chi connectivity index (χ2v) is 12.0. The Morgan fingerprint density at radius 1 is 1.00 bits per heavy atom. The number of H-pyrrole nitrogens is 1. The molecule has 6 rings (SSSR count). The number of aliphatic imine (C=N–C) groups is 1. The minimum absolute atomic E-state index is 0.0290. The lowest BCUT2D eigenvalue weighted by Crippen LogP contribution is -2.38. The lowest BCUT2D eigenvalue weighted by Gasteiger charge is -2.37. The summed E-state index contributed by atoms with van der Waals surface area (Å²) in [5, 5.41) is 11.3. The summed E-state index contributed by atoms with van der Waals surface area (Å²) >= 11 is 3.47. The molecular formula is C34H35BrN6O6. The Hall–Kier alpha value is -4.56. The number of benzene rings is 3. The number of halogens is 1. The van der Waals surface area contributed by atoms with Crippen molar-refractivity contribution in [2.45, 2.75) is 30.5 Å². The SMILES string of the molecule is COc1ccc(C(OC[C@H]2O[C@@H](n3c(Br)nc4c(=O)[nH]c(/N=C/N(C)C)nc43)C[C@@H]2O)(c2ccccc2)c2ccc(OC)cc2)cc1. The van der Waals surface area contributed by atoms with E-state index in [4.69, 9.17) is 18.9 Å². The summed E-state index contributed by atoms with van der Waals surface area (Å²) in [4.78, 5) is 30.4. The summed E-state index contributed by atoms with van der Waals surface area (Å²) in [5.74, 6) is 1.54. The third-order valence-electron chi connectivity index (χ3n) is 8.04. The molecule has 0 amide bonds. The first kappa shape index (κ1) is 32.4. The number of fused-ring (bicyclic) bond motifs is 1. The van der Waals surface area contributed by atoms with Crippen LogP contribution < -0.4 is 15.0 Å². The van der Waals surface area contributed by atoms with E-state index in [2.05, 4.69) is 35.9 Å². The van der Waals surface area contributed by atoms with Gasteiger partial charge in [0.25, 0.3) is 5.56 Å². The topological polar surface area (TPSA) is 136 Å². The Labute approximate surface area is 279 Å². The van der Waals surface area contributed by atoms with Crippen LogP contribution in [0, 0.1) is 0 Å². The van der Waals surface area contributed by atoms with Crippen LogP contribution in [0.5, 0.6) is 11.5 Å². The Morgan fingerprint density at radius 3 is 2.17 bits per heavy atom. The van der Waals surface area contributed by atoms with Crippen molar-refractivity contribution in [1.82, 2.24) is 24.4 Å². The largest absolute Gasteiger partial charge is 0.497 e. The van der Waals surface area contributed by atoms with E-state index in [0.717, 1.165) is 16.7 Å². The zero-order chi connectivity index (χ0) is 33.1. The number of imidazole rings is 1. The fourth-order valence-electron chi connectivity index (χ4n) is 5.74. The summed E-state index contributed by atoms with van der Waals surface area (Å²) in [5.41, 5.74) is 1.48. The maximum absolute atomic E-state index is 12.8. The molecule has 3 aromatic carbocycles. The summed E-state index contributed by atoms with van der Waals surface area (Å²) in [6.07, 6.45) is -0.555. The van der Waals surface area contributed by atoms with E-state index in [9.17, 15) is 9.90 Å². The zero-order valence-corrected chi connectivity index (χ0v) is 27.9. The molecule has 2 aromatic heterocycles. The molecule has 0 saturated carbocycles. The van der Waals surface area contributed by atoms with Crippen LogP contribution in [0.15, 0.2) is 93.4 Å². The molecule has 1 aliphatic rings. The maximum atomic E-state index is 12.8. The number of hydrogen-bond donors (Lipinski definition) is 2. The van der Waals surface area contributed by atoms with Gasteiger partial charge in [-0.25, -0.2) is 9.98 Å². The third kappa shape index (κ3) is 6.39. The van der Waals surface area contributed by atoms with E-state index >= 15 is 0 Å². The van der Waals surface area contributed by atoms with Crippen LogP contribution in [0.3, 0.4) is 0 Å². The van der Waals surface area contributed by atoms with E-state index < -0.39 is 29.6 Å². The van der Waals surface area contributed by atoms with Gasteiger partial charge in [0.05, 0.1) is 33.3 Å². The molecule has 1 fully saturated rings. The summed E-state index contributed by atoms with van der Waals surface area (Å²) in [6.45, 7) is 0.0290. The lowest BCUT2D eigenvalue weighted by atomic mass is 9.80. The monoisotopic (exact) mass is 702 g/mol. The van der Waals surface area contributed by atoms with Crippen molar-refractivity contribution in [2.75, 3.05) is 34.9 Å². The van der Waals surface area contributed by atoms with Gasteiger partial charge in [-0.1, -0.05) is 54.6 Å². The second-order valence-electron chi connectivity index (χ2n) is 11.3. The second kappa shape index (κ2) is 13.7. The van der Waals surface area contributed by atoms with E-state index in [1.54, 1.807) is 23.7 Å². The average Bonchev–Trinajstić information content (AvgIpc) is 3.63. The van der Waals surface area contributed by atoms with Crippen LogP contribution in [-0.4, -0.2) is 83.0 Å². The Balaban J connectivity index is 1.36. The van der Waals surface area contributed by atoms with Crippen molar-refractivity contribution < 1.29 is 24.1 Å². The van der Waals surface area contributed by atoms with Gasteiger partial charge in [0.1, 0.15) is 29.4 Å². The molecule has 1 saturated heterocycles. The van der Waals surface area contributed by atoms with Crippen molar-refractivity contribution in [3.05, 3.63) is 111 Å². The fourth-order valence-corrected chi connectivity index (χ4v) is 6.31. The lowest BCUT2D eigenvalue weighted by molar-refractivity contribution is -0.0934. The van der Waals surface area contributed by atoms with Gasteiger partial charge in [-0.15, -0.1) is 0 Å². The molecule has 2 N–H and O–H groups in total. The number of aliphatic hydroxyl groups excluding tert-OH is 1. The van der Waals surface area contributed by atoms with Crippen molar-refractivity contribution in [2.24, 2.45) is 4.99 Å². The van der Waals surface area contributed by atoms with Gasteiger partial charge < -0.3 is 29.0 Å². The predicted octanol–water partition coefficient (Wildman–Crippen LogP) is 4.78. The molecule has 0 unspecified atom stereocenters. The van der Waals surface area contributed by atoms with E-state index in [1.807, 2.05) is 93.0 Å². The average molecular weight is 704 g/mol. The zero-order valence-electron chi connectivity index (χ0n) is 26.3. The number of hydrogen-bond acceptors (Lipinski definition) is 9. The van der Waals surface area contributed by atoms with Gasteiger partial charge in [-0.3, -0.25) is 14.3 Å². The molecule has 0 aliphatic carbocycles. The van der Waals surface area contributed by atoms with Gasteiger partial charge >= 0.3 is 0 Å². The highest BCUT2D eigenvalue weighted by Gasteiger charge is 2.42. The van der Waals surface area contributed by atoms with E-state index in [-0.39, 0.29) is 30.1 Å². The number of aliphatic hydroxyl groups is 1. The highest BCUT2D eigenvalue weighted by molar-refractivity contribution is 9.10. The fraction of sp³-hybridized carbons (Fsp3) is 0.294. The Morgan fingerprint density at radius 2 is 1.60 bits per heavy atom. The molecule has 0 bridgehead atoms. The molecule has 244 valence electrons. The summed E-state index contributed by atoms with van der Waals surface area (Å²) in [6, 6.07) is 25.4. The molecular weight excluding hydrogens is 668 g/mol. The number of methoxy groups -OCH3 is 2. The van der Waals surface area contributed by atoms with Crippen LogP contribution >= 0.6 is 15.9 Å². The minimum atomic E-state index is -1.09. The molecule has 12 nitrogen and oxygen atoms in total. The van der Waals surface area contributed by atoms with Crippen molar-refractivity contribution >= 4 is 39.4 Å². The molecule has 0 spiro atoms. The third-order valence-corrected chi connectivity index (χ3v) is 8.60. The first-order valence-corrected chi connectivity index (χ1v) is 15.7. The highest BCUT2D eigenvalue weighted by atomic mass is 79.9. The molecule has 0 radical (unpaired) electrons. The van der Waals surface area contributed by atoms with Crippen molar-refractivity contribution in [3.8, 4) is 11.5 Å². The number of aromatic nitrogens is 4. The predicted molar refractivity (Wildman–Crippen MR) is 180 cm³/mol. The number of nitrogens with zero attached hydrogens (tertiary/aromatic N) is 5. The van der Waals surface area contributed by atoms with Crippen LogP contribution in [-0.2, 0) is 15.1 Å². The minimum Gasteiger partial charge on any atom is -0.497 e. The standard InChI is InChI=1S/C34H35BrN6O6/c1-40(2)20-36-33-38-30-29(31(43)39-33)37-32(35)41(30)28-18-26(42)27(47-28)19-46-34(21-8-6-5-7-9-21,22-10-14-24(44-3)15-11-22)23-12-16-25(45-4)17-13-23/h5-17,20,26-28,42H,18-19H2,1-4H3,(H,38,39,43)/b36-20+/t26-,27+,28+/m0/s1. The quantitative estimate of drug-likeness (QED) is 0.0863. The number of nitrogens with one attached hydrogen (secondary N) is 1. The maximum Gasteiger partial charge on any atom is 0.280 e. The number of rotatable bonds is 11. The van der Waals surface area contributed by atoms with Gasteiger partial charge in [0.15, 0.2) is 15.9 Å². The van der Waals surface area contributed by atoms with Crippen molar-refractivity contribution in [3.63, 3.8) is 0 Å². The highest BCUT2D eigenvalue weighted by Crippen LogP contribution is 2.43. The summed E-state index contributed by atoms with van der Waals surface area (Å²) in [7, 11) is 6.87. The first-order chi connectivity index (χ1) is 22.7. The number of aromatic amines is 1. The number of ether oxygens (including phenoxy) is 4. The molecule has 3 atom stereocenters. The Bertz CT molecular complexity index is 1860. The smallest absolute Gasteiger partial charge is 0.280 e. The van der Waals surface area contributed by atoms with Crippen LogP contribution in [0.25, 0.3) is 11.2 Å². The summed E-state index contributed by atoms with van der Waals surface area (Å²) < 4.78 is 26.3. The molecule has 5 aromatic rings. The van der Waals surface area contributed by atoms with Crippen LogP contribution in [0.1, 0.15) is 29.3 Å². The van der Waals surface area contributed by atoms with E-state index in [0.29, 0.717) is 16.2 Å². The normalized spacial score (nSPS) is 18.2. The van der Waals surface area contributed by atoms with Gasteiger partial charge in [-0.05, 0) is 56.9 Å². The van der Waals surface area contributed by atoms with Gasteiger partial charge in [0, 0.05) is 20.5 Å². The first-order valence-electron chi connectivity index (χ1n) is 14.9. The van der Waals surface area contributed by atoms with Crippen molar-refractivity contribution in [1.29, 1.82) is 0 Å². The Kier molecular flexibility index (Phi) is 9.41. The van der Waals surface area contributed by atoms with Gasteiger partial charge in [0.2, 0.25) is 5.95 Å². The van der Waals surface area contributed by atoms with Crippen LogP contribution in [0.2, 0.25) is 0 Å². The van der Waals surface area contributed by atoms with E-state index in [1.165, 1.54) is 6.34 Å². The molecule has 13 heteroatoms. The molecule has 1 aliphatic heterocycles.